The molecule has 1 heterocycles. The minimum Gasteiger partial charge on any atom is -0.364 e. The van der Waals surface area contributed by atoms with Gasteiger partial charge >= 0.3 is 0 Å². The number of nitrogens with two attached hydrogens (primary N) is 1. The van der Waals surface area contributed by atoms with Crippen molar-refractivity contribution in [2.45, 2.75) is 0 Å². The average Bonchev–Trinajstić information content (AvgIpc) is 2.04. The van der Waals surface area contributed by atoms with E-state index in [0.29, 0.717) is 0 Å². The summed E-state index contributed by atoms with van der Waals surface area (Å²) in [5, 5.41) is 8.41. The van der Waals surface area contributed by atoms with E-state index in [-0.39, 0.29) is 11.4 Å². The zero-order valence-electron chi connectivity index (χ0n) is 5.48. The molecule has 0 saturated heterocycles. The van der Waals surface area contributed by atoms with Crippen LogP contribution >= 0.6 is 0 Å². The van der Waals surface area contributed by atoms with E-state index in [9.17, 15) is 4.79 Å². The van der Waals surface area contributed by atoms with Crippen LogP contribution in [0.3, 0.4) is 0 Å². The van der Waals surface area contributed by atoms with E-state index >= 15 is 0 Å². The molecule has 1 aromatic heterocycles. The summed E-state index contributed by atoms with van der Waals surface area (Å²) in [6, 6.07) is 1.70. The molecular formula is C6H4N4O. The van der Waals surface area contributed by atoms with Crippen LogP contribution in [0.1, 0.15) is 16.2 Å². The van der Waals surface area contributed by atoms with Gasteiger partial charge in [-0.05, 0) is 0 Å². The van der Waals surface area contributed by atoms with Gasteiger partial charge in [-0.3, -0.25) is 4.79 Å². The summed E-state index contributed by atoms with van der Waals surface area (Å²) >= 11 is 0. The summed E-state index contributed by atoms with van der Waals surface area (Å²) in [5.41, 5.74) is 4.77. The number of hydrogen-bond acceptors (Lipinski definition) is 4. The molecule has 0 saturated carbocycles. The van der Waals surface area contributed by atoms with Gasteiger partial charge in [0.05, 0.1) is 0 Å². The number of hydrogen-bond donors (Lipinski definition) is 1. The third-order valence-corrected chi connectivity index (χ3v) is 1.04. The van der Waals surface area contributed by atoms with Gasteiger partial charge in [0, 0.05) is 12.4 Å². The molecule has 0 atom stereocenters. The van der Waals surface area contributed by atoms with E-state index in [1.165, 1.54) is 12.4 Å². The highest BCUT2D eigenvalue weighted by Crippen LogP contribution is 1.96. The van der Waals surface area contributed by atoms with E-state index in [2.05, 4.69) is 9.97 Å². The first-order valence-electron chi connectivity index (χ1n) is 2.76. The number of nitriles is 1. The monoisotopic (exact) mass is 148 g/mol. The average molecular weight is 148 g/mol. The van der Waals surface area contributed by atoms with Gasteiger partial charge in [0.2, 0.25) is 0 Å². The highest BCUT2D eigenvalue weighted by atomic mass is 16.1. The molecule has 0 aliphatic carbocycles. The molecular weight excluding hydrogens is 144 g/mol. The molecule has 0 unspecified atom stereocenters. The van der Waals surface area contributed by atoms with E-state index in [4.69, 9.17) is 11.0 Å². The Morgan fingerprint density at radius 2 is 2.18 bits per heavy atom. The molecule has 0 radical (unpaired) electrons. The van der Waals surface area contributed by atoms with Gasteiger partial charge < -0.3 is 5.73 Å². The maximum Gasteiger partial charge on any atom is 0.270 e. The Labute approximate surface area is 62.5 Å². The molecule has 0 fully saturated rings. The minimum atomic E-state index is -0.741. The predicted octanol–water partition coefficient (Wildman–Crippen LogP) is -0.553. The van der Waals surface area contributed by atoms with Crippen molar-refractivity contribution in [2.75, 3.05) is 0 Å². The maximum atomic E-state index is 10.5. The van der Waals surface area contributed by atoms with Crippen molar-refractivity contribution in [3.8, 4) is 6.07 Å². The number of primary amides is 1. The Morgan fingerprint density at radius 1 is 1.55 bits per heavy atom. The number of amides is 1. The van der Waals surface area contributed by atoms with Crippen LogP contribution in [0.25, 0.3) is 0 Å². The van der Waals surface area contributed by atoms with Gasteiger partial charge in [-0.2, -0.15) is 5.26 Å². The second-order valence-electron chi connectivity index (χ2n) is 1.73. The van der Waals surface area contributed by atoms with Gasteiger partial charge in [0.15, 0.2) is 11.4 Å². The van der Waals surface area contributed by atoms with Crippen LogP contribution < -0.4 is 5.73 Å². The molecule has 1 rings (SSSR count). The quantitative estimate of drug-likeness (QED) is 0.578. The van der Waals surface area contributed by atoms with Crippen molar-refractivity contribution < 1.29 is 4.79 Å². The van der Waals surface area contributed by atoms with E-state index in [1.807, 2.05) is 0 Å². The standard InChI is InChI=1S/C6H4N4O/c7-3-4-5(6(8)11)10-2-1-9-4/h1-2H,(H2,8,11). The molecule has 1 amide bonds. The first-order valence-corrected chi connectivity index (χ1v) is 2.76. The Hall–Kier alpha value is -1.96. The molecule has 0 bridgehead atoms. The number of nitrogens with zero attached hydrogens (tertiary/aromatic N) is 3. The summed E-state index contributed by atoms with van der Waals surface area (Å²) in [6.45, 7) is 0. The highest BCUT2D eigenvalue weighted by Gasteiger charge is 2.08. The second-order valence-corrected chi connectivity index (χ2v) is 1.73. The fraction of sp³-hybridized carbons (Fsp3) is 0. The molecule has 0 aliphatic heterocycles. The predicted molar refractivity (Wildman–Crippen MR) is 35.3 cm³/mol. The van der Waals surface area contributed by atoms with Gasteiger partial charge in [-0.15, -0.1) is 0 Å². The lowest BCUT2D eigenvalue weighted by Crippen LogP contribution is -2.15. The van der Waals surface area contributed by atoms with Crippen molar-refractivity contribution >= 4 is 5.91 Å². The SMILES string of the molecule is N#Cc1nccnc1C(N)=O. The minimum absolute atomic E-state index is 0.0417. The maximum absolute atomic E-state index is 10.5. The lowest BCUT2D eigenvalue weighted by atomic mass is 10.3. The smallest absolute Gasteiger partial charge is 0.270 e. The molecule has 5 nitrogen and oxygen atoms in total. The van der Waals surface area contributed by atoms with Crippen LogP contribution in [0.4, 0.5) is 0 Å². The molecule has 5 heteroatoms. The Morgan fingerprint density at radius 3 is 2.64 bits per heavy atom. The van der Waals surface area contributed by atoms with E-state index < -0.39 is 5.91 Å². The van der Waals surface area contributed by atoms with Crippen molar-refractivity contribution in [2.24, 2.45) is 5.73 Å². The molecule has 0 aliphatic rings. The number of carbonyl (C=O) groups excluding carboxylic acids is 1. The third-order valence-electron chi connectivity index (χ3n) is 1.04. The lowest BCUT2D eigenvalue weighted by molar-refractivity contribution is 0.0995. The number of rotatable bonds is 1. The van der Waals surface area contributed by atoms with Crippen LogP contribution in [-0.2, 0) is 0 Å². The van der Waals surface area contributed by atoms with Gasteiger partial charge in [-0.1, -0.05) is 0 Å². The first kappa shape index (κ1) is 7.15. The van der Waals surface area contributed by atoms with Crippen molar-refractivity contribution in [3.05, 3.63) is 23.8 Å². The zero-order valence-corrected chi connectivity index (χ0v) is 5.48. The van der Waals surface area contributed by atoms with Gasteiger partial charge in [-0.25, -0.2) is 9.97 Å². The van der Waals surface area contributed by atoms with Crippen LogP contribution in [0.5, 0.6) is 0 Å². The first-order chi connectivity index (χ1) is 5.25. The fourth-order valence-corrected chi connectivity index (χ4v) is 0.600. The second kappa shape index (κ2) is 2.75. The summed E-state index contributed by atoms with van der Waals surface area (Å²) in [4.78, 5) is 17.7. The fourth-order valence-electron chi connectivity index (χ4n) is 0.600. The normalized spacial score (nSPS) is 8.64. The molecule has 0 spiro atoms. The molecule has 11 heavy (non-hydrogen) atoms. The van der Waals surface area contributed by atoms with Crippen molar-refractivity contribution in [3.63, 3.8) is 0 Å². The largest absolute Gasteiger partial charge is 0.364 e. The highest BCUT2D eigenvalue weighted by molar-refractivity contribution is 5.92. The topological polar surface area (TPSA) is 92.7 Å². The van der Waals surface area contributed by atoms with Crippen LogP contribution in [0, 0.1) is 11.3 Å². The van der Waals surface area contributed by atoms with Gasteiger partial charge in [0.1, 0.15) is 6.07 Å². The summed E-state index contributed by atoms with van der Waals surface area (Å²) in [7, 11) is 0. The van der Waals surface area contributed by atoms with Crippen LogP contribution in [0.2, 0.25) is 0 Å². The number of aromatic nitrogens is 2. The van der Waals surface area contributed by atoms with Crippen molar-refractivity contribution in [1.29, 1.82) is 5.26 Å². The van der Waals surface area contributed by atoms with Crippen LogP contribution in [0.15, 0.2) is 12.4 Å². The molecule has 0 aromatic carbocycles. The van der Waals surface area contributed by atoms with E-state index in [0.717, 1.165) is 0 Å². The summed E-state index contributed by atoms with van der Waals surface area (Å²) < 4.78 is 0. The number of carbonyl (C=O) groups is 1. The lowest BCUT2D eigenvalue weighted by Gasteiger charge is -1.93. The Kier molecular flexibility index (Phi) is 1.79. The summed E-state index contributed by atoms with van der Waals surface area (Å²) in [5.74, 6) is -0.741. The Bertz CT molecular complexity index is 328. The van der Waals surface area contributed by atoms with E-state index in [1.54, 1.807) is 6.07 Å². The van der Waals surface area contributed by atoms with Crippen LogP contribution in [-0.4, -0.2) is 15.9 Å². The molecule has 54 valence electrons. The molecule has 1 aromatic rings. The molecule has 2 N–H and O–H groups in total. The van der Waals surface area contributed by atoms with Gasteiger partial charge in [0.25, 0.3) is 5.91 Å². The summed E-state index contributed by atoms with van der Waals surface area (Å²) in [6.07, 6.45) is 2.63. The third kappa shape index (κ3) is 1.30. The zero-order chi connectivity index (χ0) is 8.27. The Balaban J connectivity index is 3.26. The van der Waals surface area contributed by atoms with Crippen molar-refractivity contribution in [1.82, 2.24) is 9.97 Å².